The number of hydrogen-bond acceptors (Lipinski definition) is 3. The van der Waals surface area contributed by atoms with E-state index in [9.17, 15) is 13.6 Å². The Balaban J connectivity index is 1.90. The van der Waals surface area contributed by atoms with E-state index in [-0.39, 0.29) is 17.7 Å². The normalized spacial score (nSPS) is 19.5. The molecule has 1 aromatic carbocycles. The number of halogens is 2. The molecule has 1 saturated heterocycles. The van der Waals surface area contributed by atoms with Crippen LogP contribution >= 0.6 is 11.8 Å². The van der Waals surface area contributed by atoms with Crippen LogP contribution in [0.2, 0.25) is 0 Å². The first-order valence-corrected chi connectivity index (χ1v) is 7.14. The van der Waals surface area contributed by atoms with Crippen LogP contribution in [-0.2, 0) is 4.79 Å². The Morgan fingerprint density at radius 1 is 1.47 bits per heavy atom. The number of nitrogens with zero attached hydrogens (tertiary/aromatic N) is 1. The van der Waals surface area contributed by atoms with Gasteiger partial charge in [0.15, 0.2) is 11.6 Å². The van der Waals surface area contributed by atoms with E-state index in [1.54, 1.807) is 0 Å². The minimum Gasteiger partial charge on any atom is -0.337 e. The summed E-state index contributed by atoms with van der Waals surface area (Å²) in [5.74, 6) is -1.47. The molecule has 104 valence electrons. The lowest BCUT2D eigenvalue weighted by Crippen LogP contribution is -2.52. The van der Waals surface area contributed by atoms with E-state index in [2.05, 4.69) is 5.32 Å². The predicted molar refractivity (Wildman–Crippen MR) is 71.1 cm³/mol. The fourth-order valence-corrected chi connectivity index (χ4v) is 2.81. The Bertz CT molecular complexity index is 470. The summed E-state index contributed by atoms with van der Waals surface area (Å²) in [6, 6.07) is 3.86. The zero-order valence-electron chi connectivity index (χ0n) is 10.7. The maximum absolute atomic E-state index is 13.0. The molecule has 1 aromatic rings. The second kappa shape index (κ2) is 6.34. The first-order valence-electron chi connectivity index (χ1n) is 6.16. The highest BCUT2D eigenvalue weighted by molar-refractivity contribution is 8.00. The van der Waals surface area contributed by atoms with Gasteiger partial charge in [-0.2, -0.15) is 0 Å². The van der Waals surface area contributed by atoms with Gasteiger partial charge in [-0.05, 0) is 25.1 Å². The first kappa shape index (κ1) is 14.3. The molecule has 1 amide bonds. The van der Waals surface area contributed by atoms with Crippen LogP contribution in [0.25, 0.3) is 0 Å². The number of rotatable bonds is 3. The van der Waals surface area contributed by atoms with Gasteiger partial charge in [-0.25, -0.2) is 8.78 Å². The van der Waals surface area contributed by atoms with Crippen molar-refractivity contribution < 1.29 is 13.6 Å². The summed E-state index contributed by atoms with van der Waals surface area (Å²) in [6.45, 7) is 4.28. The van der Waals surface area contributed by atoms with Crippen LogP contribution in [0.15, 0.2) is 23.1 Å². The van der Waals surface area contributed by atoms with E-state index in [1.807, 2.05) is 11.8 Å². The SMILES string of the molecule is CC1CNCCN1C(=O)CSc1ccc(F)c(F)c1. The van der Waals surface area contributed by atoms with E-state index < -0.39 is 11.6 Å². The Labute approximate surface area is 115 Å². The quantitative estimate of drug-likeness (QED) is 0.861. The fourth-order valence-electron chi connectivity index (χ4n) is 2.01. The number of hydrogen-bond donors (Lipinski definition) is 1. The average molecular weight is 286 g/mol. The molecule has 0 radical (unpaired) electrons. The number of carbonyl (C=O) groups is 1. The van der Waals surface area contributed by atoms with Gasteiger partial charge in [0.1, 0.15) is 0 Å². The number of piperazine rings is 1. The highest BCUT2D eigenvalue weighted by Crippen LogP contribution is 2.21. The van der Waals surface area contributed by atoms with Crippen molar-refractivity contribution >= 4 is 17.7 Å². The number of thioether (sulfide) groups is 1. The summed E-state index contributed by atoms with van der Waals surface area (Å²) >= 11 is 1.23. The van der Waals surface area contributed by atoms with Gasteiger partial charge >= 0.3 is 0 Å². The van der Waals surface area contributed by atoms with Gasteiger partial charge in [0.25, 0.3) is 0 Å². The molecule has 0 saturated carbocycles. The third-order valence-corrected chi connectivity index (χ3v) is 4.05. The van der Waals surface area contributed by atoms with Crippen molar-refractivity contribution in [3.05, 3.63) is 29.8 Å². The Kier molecular flexibility index (Phi) is 4.76. The Hall–Kier alpha value is -1.14. The number of nitrogens with one attached hydrogen (secondary N) is 1. The second-order valence-electron chi connectivity index (χ2n) is 4.50. The molecule has 0 bridgehead atoms. The molecule has 1 fully saturated rings. The molecule has 1 atom stereocenters. The maximum Gasteiger partial charge on any atom is 0.233 e. The standard InChI is InChI=1S/C13H16F2N2OS/c1-9-7-16-4-5-17(9)13(18)8-19-10-2-3-11(14)12(15)6-10/h2-3,6,9,16H,4-5,7-8H2,1H3. The summed E-state index contributed by atoms with van der Waals surface area (Å²) in [6.07, 6.45) is 0. The van der Waals surface area contributed by atoms with Crippen molar-refractivity contribution in [1.82, 2.24) is 10.2 Å². The van der Waals surface area contributed by atoms with Crippen LogP contribution in [0.3, 0.4) is 0 Å². The van der Waals surface area contributed by atoms with Crippen LogP contribution < -0.4 is 5.32 Å². The van der Waals surface area contributed by atoms with E-state index >= 15 is 0 Å². The van der Waals surface area contributed by atoms with Crippen LogP contribution in [0.4, 0.5) is 8.78 Å². The Morgan fingerprint density at radius 3 is 2.95 bits per heavy atom. The smallest absolute Gasteiger partial charge is 0.233 e. The van der Waals surface area contributed by atoms with Gasteiger partial charge in [-0.3, -0.25) is 4.79 Å². The van der Waals surface area contributed by atoms with E-state index in [0.29, 0.717) is 11.4 Å². The molecule has 19 heavy (non-hydrogen) atoms. The molecular formula is C13H16F2N2OS. The highest BCUT2D eigenvalue weighted by atomic mass is 32.2. The zero-order valence-corrected chi connectivity index (χ0v) is 11.5. The molecule has 0 aromatic heterocycles. The molecule has 1 aliphatic heterocycles. The van der Waals surface area contributed by atoms with E-state index in [4.69, 9.17) is 0 Å². The number of benzene rings is 1. The van der Waals surface area contributed by atoms with Crippen molar-refractivity contribution in [3.63, 3.8) is 0 Å². The third kappa shape index (κ3) is 3.67. The second-order valence-corrected chi connectivity index (χ2v) is 5.55. The average Bonchev–Trinajstić information content (AvgIpc) is 2.40. The summed E-state index contributed by atoms with van der Waals surface area (Å²) in [5, 5.41) is 3.21. The van der Waals surface area contributed by atoms with Gasteiger partial charge in [-0.15, -0.1) is 11.8 Å². The first-order chi connectivity index (χ1) is 9.08. The van der Waals surface area contributed by atoms with Crippen molar-refractivity contribution in [2.75, 3.05) is 25.4 Å². The molecule has 0 aliphatic carbocycles. The van der Waals surface area contributed by atoms with Crippen LogP contribution in [0, 0.1) is 11.6 Å². The van der Waals surface area contributed by atoms with Crippen molar-refractivity contribution in [2.24, 2.45) is 0 Å². The number of carbonyl (C=O) groups excluding carboxylic acids is 1. The molecule has 6 heteroatoms. The van der Waals surface area contributed by atoms with E-state index in [0.717, 1.165) is 25.2 Å². The number of amides is 1. The fraction of sp³-hybridized carbons (Fsp3) is 0.462. The van der Waals surface area contributed by atoms with Crippen molar-refractivity contribution in [3.8, 4) is 0 Å². The van der Waals surface area contributed by atoms with Crippen molar-refractivity contribution in [2.45, 2.75) is 17.9 Å². The largest absolute Gasteiger partial charge is 0.337 e. The monoisotopic (exact) mass is 286 g/mol. The topological polar surface area (TPSA) is 32.3 Å². The molecule has 0 spiro atoms. The summed E-state index contributed by atoms with van der Waals surface area (Å²) in [7, 11) is 0. The van der Waals surface area contributed by atoms with Gasteiger partial charge < -0.3 is 10.2 Å². The lowest BCUT2D eigenvalue weighted by atomic mass is 10.2. The van der Waals surface area contributed by atoms with Crippen LogP contribution in [0.1, 0.15) is 6.92 Å². The predicted octanol–water partition coefficient (Wildman–Crippen LogP) is 1.88. The third-order valence-electron chi connectivity index (χ3n) is 3.08. The molecule has 1 heterocycles. The van der Waals surface area contributed by atoms with Crippen molar-refractivity contribution in [1.29, 1.82) is 0 Å². The lowest BCUT2D eigenvalue weighted by Gasteiger charge is -2.33. The molecule has 1 aliphatic rings. The Morgan fingerprint density at radius 2 is 2.26 bits per heavy atom. The van der Waals surface area contributed by atoms with Gasteiger partial charge in [0.05, 0.1) is 5.75 Å². The summed E-state index contributed by atoms with van der Waals surface area (Å²) in [4.78, 5) is 14.4. The van der Waals surface area contributed by atoms with Crippen LogP contribution in [0.5, 0.6) is 0 Å². The minimum atomic E-state index is -0.881. The highest BCUT2D eigenvalue weighted by Gasteiger charge is 2.22. The molecule has 1 N–H and O–H groups in total. The van der Waals surface area contributed by atoms with E-state index in [1.165, 1.54) is 17.8 Å². The maximum atomic E-state index is 13.0. The molecular weight excluding hydrogens is 270 g/mol. The molecule has 3 nitrogen and oxygen atoms in total. The van der Waals surface area contributed by atoms with Gasteiger partial charge in [0.2, 0.25) is 5.91 Å². The minimum absolute atomic E-state index is 0.0312. The summed E-state index contributed by atoms with van der Waals surface area (Å²) in [5.41, 5.74) is 0. The van der Waals surface area contributed by atoms with Gasteiger partial charge in [-0.1, -0.05) is 0 Å². The molecule has 1 unspecified atom stereocenters. The molecule has 2 rings (SSSR count). The lowest BCUT2D eigenvalue weighted by molar-refractivity contribution is -0.131. The van der Waals surface area contributed by atoms with Gasteiger partial charge in [0, 0.05) is 30.6 Å². The van der Waals surface area contributed by atoms with Crippen LogP contribution in [-0.4, -0.2) is 42.2 Å². The zero-order chi connectivity index (χ0) is 13.8. The summed E-state index contributed by atoms with van der Waals surface area (Å²) < 4.78 is 25.8.